The maximum Gasteiger partial charge on any atom is 0.384 e. The molecule has 1 aromatic rings. The molecule has 0 spiro atoms. The number of benzene rings is 1. The predicted molar refractivity (Wildman–Crippen MR) is 49.3 cm³/mol. The van der Waals surface area contributed by atoms with E-state index in [1.807, 2.05) is 0 Å². The molecule has 0 saturated heterocycles. The van der Waals surface area contributed by atoms with Crippen molar-refractivity contribution in [3.05, 3.63) is 34.3 Å². The smallest absolute Gasteiger partial charge is 0.286 e. The van der Waals surface area contributed by atoms with Gasteiger partial charge < -0.3 is 0 Å². The molecule has 0 saturated carbocycles. The molecule has 0 aliphatic rings. The van der Waals surface area contributed by atoms with Crippen molar-refractivity contribution in [1.82, 2.24) is 0 Å². The van der Waals surface area contributed by atoms with Crippen molar-refractivity contribution in [2.75, 3.05) is 0 Å². The number of hydrogen-bond donors (Lipinski definition) is 0. The van der Waals surface area contributed by atoms with Crippen LogP contribution in [0.15, 0.2) is 28.7 Å². The van der Waals surface area contributed by atoms with E-state index in [9.17, 15) is 13.6 Å². The van der Waals surface area contributed by atoms with Crippen LogP contribution >= 0.6 is 27.5 Å². The lowest BCUT2D eigenvalue weighted by Gasteiger charge is -2.05. The Balaban J connectivity index is 2.97. The first-order valence-corrected chi connectivity index (χ1v) is 4.45. The second-order valence-corrected chi connectivity index (χ2v) is 3.72. The summed E-state index contributed by atoms with van der Waals surface area (Å²) in [7, 11) is 0. The van der Waals surface area contributed by atoms with Crippen LogP contribution < -0.4 is 0 Å². The third kappa shape index (κ3) is 2.74. The lowest BCUT2D eigenvalue weighted by atomic mass is 10.1. The second kappa shape index (κ2) is 3.72. The van der Waals surface area contributed by atoms with Gasteiger partial charge in [0.1, 0.15) is 0 Å². The maximum atomic E-state index is 12.3. The highest BCUT2D eigenvalue weighted by Crippen LogP contribution is 2.24. The van der Waals surface area contributed by atoms with Gasteiger partial charge in [0, 0.05) is 10.0 Å². The number of Topliss-reactive ketones (excluding diaryl/α,β-unsaturated/α-hetero) is 1. The van der Waals surface area contributed by atoms with Crippen LogP contribution in [-0.2, 0) is 0 Å². The summed E-state index contributed by atoms with van der Waals surface area (Å²) in [6.45, 7) is 0. The Morgan fingerprint density at radius 1 is 1.31 bits per heavy atom. The Morgan fingerprint density at radius 2 is 1.77 bits per heavy atom. The van der Waals surface area contributed by atoms with Crippen molar-refractivity contribution < 1.29 is 13.6 Å². The minimum atomic E-state index is -3.83. The molecule has 0 amide bonds. The average Bonchev–Trinajstić information content (AvgIpc) is 2.03. The largest absolute Gasteiger partial charge is 0.384 e. The molecule has 1 rings (SSSR count). The van der Waals surface area contributed by atoms with Crippen molar-refractivity contribution in [2.45, 2.75) is 5.38 Å². The van der Waals surface area contributed by atoms with E-state index in [4.69, 9.17) is 0 Å². The summed E-state index contributed by atoms with van der Waals surface area (Å²) in [6.07, 6.45) is 0. The van der Waals surface area contributed by atoms with E-state index >= 15 is 0 Å². The first-order valence-electron chi connectivity index (χ1n) is 3.28. The van der Waals surface area contributed by atoms with Gasteiger partial charge in [-0.15, -0.1) is 0 Å². The third-order valence-corrected chi connectivity index (χ3v) is 2.06. The zero-order valence-corrected chi connectivity index (χ0v) is 8.57. The molecule has 13 heavy (non-hydrogen) atoms. The number of hydrogen-bond acceptors (Lipinski definition) is 1. The lowest BCUT2D eigenvalue weighted by molar-refractivity contribution is 0.0536. The Labute approximate surface area is 86.8 Å². The van der Waals surface area contributed by atoms with Gasteiger partial charge in [0.05, 0.1) is 0 Å². The highest BCUT2D eigenvalue weighted by molar-refractivity contribution is 9.10. The molecule has 70 valence electrons. The van der Waals surface area contributed by atoms with Crippen LogP contribution in [0.2, 0.25) is 0 Å². The summed E-state index contributed by atoms with van der Waals surface area (Å²) >= 11 is 7.68. The zero-order valence-electron chi connectivity index (χ0n) is 6.23. The monoisotopic (exact) mass is 268 g/mol. The van der Waals surface area contributed by atoms with Gasteiger partial charge in [-0.2, -0.15) is 8.78 Å². The molecule has 0 unspecified atom stereocenters. The standard InChI is InChI=1S/C8H4BrClF2O/c9-6-3-1-5(2-4-6)7(13)8(10,11)12/h1-4H. The fourth-order valence-electron chi connectivity index (χ4n) is 0.765. The topological polar surface area (TPSA) is 17.1 Å². The minimum absolute atomic E-state index is 0.108. The van der Waals surface area contributed by atoms with Crippen molar-refractivity contribution >= 4 is 33.3 Å². The molecule has 5 heteroatoms. The van der Waals surface area contributed by atoms with Gasteiger partial charge in [0.15, 0.2) is 0 Å². The third-order valence-electron chi connectivity index (χ3n) is 1.36. The number of halogens is 4. The van der Waals surface area contributed by atoms with Crippen molar-refractivity contribution in [3.63, 3.8) is 0 Å². The molecule has 0 aliphatic carbocycles. The number of alkyl halides is 3. The van der Waals surface area contributed by atoms with Crippen LogP contribution in [0.1, 0.15) is 10.4 Å². The second-order valence-electron chi connectivity index (χ2n) is 2.33. The number of rotatable bonds is 2. The molecule has 0 aromatic heterocycles. The first kappa shape index (κ1) is 10.6. The van der Waals surface area contributed by atoms with E-state index in [-0.39, 0.29) is 5.56 Å². The lowest BCUT2D eigenvalue weighted by Crippen LogP contribution is -2.21. The quantitative estimate of drug-likeness (QED) is 0.593. The van der Waals surface area contributed by atoms with E-state index < -0.39 is 11.2 Å². The Hall–Kier alpha value is -0.480. The summed E-state index contributed by atoms with van der Waals surface area (Å²) in [4.78, 5) is 10.9. The van der Waals surface area contributed by atoms with Gasteiger partial charge in [-0.1, -0.05) is 28.1 Å². The normalized spacial score (nSPS) is 11.4. The Kier molecular flexibility index (Phi) is 3.03. The molecule has 0 fully saturated rings. The van der Waals surface area contributed by atoms with Gasteiger partial charge in [-0.25, -0.2) is 0 Å². The van der Waals surface area contributed by atoms with E-state index in [0.29, 0.717) is 4.47 Å². The molecule has 0 radical (unpaired) electrons. The van der Waals surface area contributed by atoms with E-state index in [1.165, 1.54) is 24.3 Å². The van der Waals surface area contributed by atoms with Crippen LogP contribution in [-0.4, -0.2) is 11.2 Å². The van der Waals surface area contributed by atoms with Crippen LogP contribution in [0, 0.1) is 0 Å². The minimum Gasteiger partial charge on any atom is -0.286 e. The highest BCUT2D eigenvalue weighted by Gasteiger charge is 2.36. The average molecular weight is 269 g/mol. The zero-order chi connectivity index (χ0) is 10.1. The molecule has 0 bridgehead atoms. The van der Waals surface area contributed by atoms with Crippen LogP contribution in [0.25, 0.3) is 0 Å². The summed E-state index contributed by atoms with van der Waals surface area (Å²) in [6, 6.07) is 5.55. The molecule has 1 aromatic carbocycles. The summed E-state index contributed by atoms with van der Waals surface area (Å²) < 4.78 is 25.3. The predicted octanol–water partition coefficient (Wildman–Crippen LogP) is 3.46. The molecule has 1 nitrogen and oxygen atoms in total. The van der Waals surface area contributed by atoms with Crippen molar-refractivity contribution in [1.29, 1.82) is 0 Å². The molecule has 0 aliphatic heterocycles. The molecular weight excluding hydrogens is 265 g/mol. The van der Waals surface area contributed by atoms with E-state index in [0.717, 1.165) is 0 Å². The fraction of sp³-hybridized carbons (Fsp3) is 0.125. The first-order chi connectivity index (χ1) is 5.91. The molecule has 0 atom stereocenters. The summed E-state index contributed by atoms with van der Waals surface area (Å²) in [5.74, 6) is -1.39. The Morgan fingerprint density at radius 3 is 2.15 bits per heavy atom. The van der Waals surface area contributed by atoms with Crippen molar-refractivity contribution in [3.8, 4) is 0 Å². The van der Waals surface area contributed by atoms with Gasteiger partial charge in [-0.05, 0) is 23.7 Å². The summed E-state index contributed by atoms with van der Waals surface area (Å²) in [5, 5.41) is -3.83. The van der Waals surface area contributed by atoms with Gasteiger partial charge in [0.25, 0.3) is 0 Å². The number of carbonyl (C=O) groups is 1. The molecule has 0 heterocycles. The summed E-state index contributed by atoms with van der Waals surface area (Å²) in [5.41, 5.74) is -0.108. The molecule has 0 N–H and O–H groups in total. The SMILES string of the molecule is O=C(c1ccc(Br)cc1)C(F)(F)Cl. The van der Waals surface area contributed by atoms with Crippen LogP contribution in [0.4, 0.5) is 8.78 Å². The van der Waals surface area contributed by atoms with E-state index in [2.05, 4.69) is 27.5 Å². The van der Waals surface area contributed by atoms with E-state index in [1.54, 1.807) is 0 Å². The van der Waals surface area contributed by atoms with Gasteiger partial charge in [-0.3, -0.25) is 4.79 Å². The highest BCUT2D eigenvalue weighted by atomic mass is 79.9. The Bertz CT molecular complexity index is 318. The number of ketones is 1. The molecular formula is C8H4BrClF2O. The number of carbonyl (C=O) groups excluding carboxylic acids is 1. The van der Waals surface area contributed by atoms with Crippen molar-refractivity contribution in [2.24, 2.45) is 0 Å². The maximum absolute atomic E-state index is 12.3. The van der Waals surface area contributed by atoms with Gasteiger partial charge in [0.2, 0.25) is 5.78 Å². The van der Waals surface area contributed by atoms with Crippen LogP contribution in [0.5, 0.6) is 0 Å². The van der Waals surface area contributed by atoms with Gasteiger partial charge >= 0.3 is 5.38 Å². The van der Waals surface area contributed by atoms with Crippen LogP contribution in [0.3, 0.4) is 0 Å². The fourth-order valence-corrected chi connectivity index (χ4v) is 1.14.